The van der Waals surface area contributed by atoms with Gasteiger partial charge < -0.3 is 4.57 Å². The van der Waals surface area contributed by atoms with E-state index in [2.05, 4.69) is 28.8 Å². The molecule has 0 aliphatic carbocycles. The molecule has 0 aliphatic rings. The fourth-order valence-corrected chi connectivity index (χ4v) is 4.29. The second-order valence-electron chi connectivity index (χ2n) is 6.55. The van der Waals surface area contributed by atoms with Crippen molar-refractivity contribution in [1.29, 1.82) is 0 Å². The number of hydrogen-bond donors (Lipinski definition) is 0. The lowest BCUT2D eigenvalue weighted by atomic mass is 10.2. The Hall–Kier alpha value is -3.18. The molecule has 0 fully saturated rings. The topological polar surface area (TPSA) is 39.3 Å². The second kappa shape index (κ2) is 6.21. The Balaban J connectivity index is 1.79. The Morgan fingerprint density at radius 2 is 1.70 bits per heavy atom. The normalized spacial score (nSPS) is 11.4. The molecule has 3 heterocycles. The van der Waals surface area contributed by atoms with E-state index in [4.69, 9.17) is 4.98 Å². The third-order valence-electron chi connectivity index (χ3n) is 4.83. The van der Waals surface area contributed by atoms with Crippen LogP contribution in [0.15, 0.2) is 72.1 Å². The van der Waals surface area contributed by atoms with Crippen molar-refractivity contribution in [2.45, 2.75) is 13.5 Å². The van der Waals surface area contributed by atoms with E-state index in [1.807, 2.05) is 59.2 Å². The number of ketones is 1. The molecule has 2 aromatic carbocycles. The SMILES string of the molecule is Cc1nc2n(Cc3ccccc3)c3ccccc3n2c1C(=O)c1cccs1. The summed E-state index contributed by atoms with van der Waals surface area (Å²) in [5.74, 6) is 0.829. The number of aromatic nitrogens is 3. The van der Waals surface area contributed by atoms with E-state index in [9.17, 15) is 4.79 Å². The molecule has 0 unspecified atom stereocenters. The minimum Gasteiger partial charge on any atom is -0.305 e. The summed E-state index contributed by atoms with van der Waals surface area (Å²) in [6.07, 6.45) is 0. The van der Waals surface area contributed by atoms with Crippen molar-refractivity contribution in [3.8, 4) is 0 Å². The summed E-state index contributed by atoms with van der Waals surface area (Å²) < 4.78 is 4.19. The van der Waals surface area contributed by atoms with Gasteiger partial charge in [-0.05, 0) is 36.1 Å². The highest BCUT2D eigenvalue weighted by molar-refractivity contribution is 7.12. The average molecular weight is 371 g/mol. The highest BCUT2D eigenvalue weighted by Crippen LogP contribution is 2.27. The molecule has 0 saturated carbocycles. The zero-order valence-corrected chi connectivity index (χ0v) is 15.6. The molecule has 27 heavy (non-hydrogen) atoms. The first-order chi connectivity index (χ1) is 13.2. The average Bonchev–Trinajstić information content (AvgIpc) is 3.40. The van der Waals surface area contributed by atoms with E-state index in [1.54, 1.807) is 0 Å². The van der Waals surface area contributed by atoms with E-state index < -0.39 is 0 Å². The predicted molar refractivity (Wildman–Crippen MR) is 109 cm³/mol. The number of carbonyl (C=O) groups is 1. The van der Waals surface area contributed by atoms with Crippen LogP contribution in [0.4, 0.5) is 0 Å². The Morgan fingerprint density at radius 1 is 0.963 bits per heavy atom. The lowest BCUT2D eigenvalue weighted by Crippen LogP contribution is -2.05. The van der Waals surface area contributed by atoms with Crippen LogP contribution in [0.2, 0.25) is 0 Å². The number of thiophene rings is 1. The van der Waals surface area contributed by atoms with E-state index in [0.29, 0.717) is 12.2 Å². The number of fused-ring (bicyclic) bond motifs is 3. The lowest BCUT2D eigenvalue weighted by Gasteiger charge is -2.05. The molecule has 5 heteroatoms. The Kier molecular flexibility index (Phi) is 3.69. The zero-order chi connectivity index (χ0) is 18.4. The van der Waals surface area contributed by atoms with Crippen molar-refractivity contribution in [3.63, 3.8) is 0 Å². The van der Waals surface area contributed by atoms with Crippen molar-refractivity contribution >= 4 is 33.9 Å². The molecular weight excluding hydrogens is 354 g/mol. The van der Waals surface area contributed by atoms with Crippen LogP contribution < -0.4 is 0 Å². The number of hydrogen-bond acceptors (Lipinski definition) is 3. The molecule has 4 nitrogen and oxygen atoms in total. The van der Waals surface area contributed by atoms with Gasteiger partial charge in [0.2, 0.25) is 11.6 Å². The molecular formula is C22H17N3OS. The van der Waals surface area contributed by atoms with E-state index in [-0.39, 0.29) is 5.78 Å². The Bertz CT molecular complexity index is 1260. The fourth-order valence-electron chi connectivity index (χ4n) is 3.63. The molecule has 0 radical (unpaired) electrons. The largest absolute Gasteiger partial charge is 0.305 e. The van der Waals surface area contributed by atoms with Crippen molar-refractivity contribution in [2.24, 2.45) is 0 Å². The number of imidazole rings is 2. The van der Waals surface area contributed by atoms with Crippen LogP contribution >= 0.6 is 11.3 Å². The van der Waals surface area contributed by atoms with Crippen molar-refractivity contribution in [2.75, 3.05) is 0 Å². The third kappa shape index (κ3) is 2.51. The van der Waals surface area contributed by atoms with Gasteiger partial charge in [0.1, 0.15) is 5.69 Å². The van der Waals surface area contributed by atoms with Gasteiger partial charge in [0.05, 0.1) is 28.1 Å². The van der Waals surface area contributed by atoms with Gasteiger partial charge in [-0.1, -0.05) is 48.5 Å². The Morgan fingerprint density at radius 3 is 2.44 bits per heavy atom. The molecule has 0 spiro atoms. The highest BCUT2D eigenvalue weighted by atomic mass is 32.1. The maximum atomic E-state index is 13.2. The summed E-state index contributed by atoms with van der Waals surface area (Å²) in [6.45, 7) is 2.62. The second-order valence-corrected chi connectivity index (χ2v) is 7.50. The van der Waals surface area contributed by atoms with Crippen molar-refractivity contribution in [3.05, 3.63) is 93.9 Å². The molecule has 0 amide bonds. The third-order valence-corrected chi connectivity index (χ3v) is 5.70. The smallest absolute Gasteiger partial charge is 0.221 e. The molecule has 0 aliphatic heterocycles. The van der Waals surface area contributed by atoms with Crippen molar-refractivity contribution in [1.82, 2.24) is 14.0 Å². The van der Waals surface area contributed by atoms with Gasteiger partial charge in [-0.2, -0.15) is 0 Å². The molecule has 3 aromatic heterocycles. The lowest BCUT2D eigenvalue weighted by molar-refractivity contribution is 0.103. The first-order valence-electron chi connectivity index (χ1n) is 8.82. The number of aryl methyl sites for hydroxylation is 1. The van der Waals surface area contributed by atoms with Crippen LogP contribution in [-0.4, -0.2) is 19.7 Å². The molecule has 0 saturated heterocycles. The van der Waals surface area contributed by atoms with Gasteiger partial charge in [-0.15, -0.1) is 11.3 Å². The van der Waals surface area contributed by atoms with Crippen LogP contribution in [0.25, 0.3) is 16.8 Å². The summed E-state index contributed by atoms with van der Waals surface area (Å²) in [6, 6.07) is 22.3. The summed E-state index contributed by atoms with van der Waals surface area (Å²) >= 11 is 1.46. The van der Waals surface area contributed by atoms with Crippen LogP contribution in [-0.2, 0) is 6.54 Å². The highest BCUT2D eigenvalue weighted by Gasteiger charge is 2.24. The van der Waals surface area contributed by atoms with Crippen LogP contribution in [0, 0.1) is 6.92 Å². The molecule has 5 rings (SSSR count). The quantitative estimate of drug-likeness (QED) is 0.420. The van der Waals surface area contributed by atoms with Gasteiger partial charge in [0, 0.05) is 0 Å². The summed E-state index contributed by atoms with van der Waals surface area (Å²) in [5.41, 5.74) is 4.69. The standard InChI is InChI=1S/C22H17N3OS/c1-15-20(21(26)19-12-7-13-27-19)25-18-11-6-5-10-17(18)24(22(25)23-15)14-16-8-3-2-4-9-16/h2-13H,14H2,1H3. The van der Waals surface area contributed by atoms with Crippen molar-refractivity contribution < 1.29 is 4.79 Å². The summed E-state index contributed by atoms with van der Waals surface area (Å²) in [5, 5.41) is 1.93. The molecule has 0 N–H and O–H groups in total. The van der Waals surface area contributed by atoms with E-state index in [1.165, 1.54) is 16.9 Å². The van der Waals surface area contributed by atoms with Gasteiger partial charge >= 0.3 is 0 Å². The Labute approximate surface area is 160 Å². The number of carbonyl (C=O) groups excluding carboxylic acids is 1. The number of nitrogens with zero attached hydrogens (tertiary/aromatic N) is 3. The first-order valence-corrected chi connectivity index (χ1v) is 9.70. The monoisotopic (exact) mass is 371 g/mol. The number of benzene rings is 2. The van der Waals surface area contributed by atoms with Gasteiger partial charge in [-0.25, -0.2) is 4.98 Å². The summed E-state index contributed by atoms with van der Waals surface area (Å²) in [4.78, 5) is 18.7. The minimum absolute atomic E-state index is 0.0256. The van der Waals surface area contributed by atoms with E-state index in [0.717, 1.165) is 27.4 Å². The number of para-hydroxylation sites is 2. The summed E-state index contributed by atoms with van der Waals surface area (Å²) in [7, 11) is 0. The predicted octanol–water partition coefficient (Wildman–Crippen LogP) is 4.94. The van der Waals surface area contributed by atoms with Crippen LogP contribution in [0.5, 0.6) is 0 Å². The van der Waals surface area contributed by atoms with Crippen LogP contribution in [0.3, 0.4) is 0 Å². The first kappa shape index (κ1) is 16.0. The molecule has 5 aromatic rings. The fraction of sp³-hybridized carbons (Fsp3) is 0.0909. The number of rotatable bonds is 4. The van der Waals surface area contributed by atoms with Gasteiger partial charge in [0.25, 0.3) is 0 Å². The molecule has 0 atom stereocenters. The minimum atomic E-state index is 0.0256. The zero-order valence-electron chi connectivity index (χ0n) is 14.8. The molecule has 0 bridgehead atoms. The van der Waals surface area contributed by atoms with Gasteiger partial charge in [-0.3, -0.25) is 9.20 Å². The van der Waals surface area contributed by atoms with Gasteiger partial charge in [0.15, 0.2) is 0 Å². The maximum Gasteiger partial charge on any atom is 0.221 e. The molecule has 132 valence electrons. The maximum absolute atomic E-state index is 13.2. The van der Waals surface area contributed by atoms with Crippen LogP contribution in [0.1, 0.15) is 26.6 Å². The van der Waals surface area contributed by atoms with E-state index >= 15 is 0 Å².